The first-order chi connectivity index (χ1) is 13.0. The normalized spacial score (nSPS) is 10.3. The lowest BCUT2D eigenvalue weighted by Crippen LogP contribution is -2.20. The number of amides is 2. The molecule has 27 heavy (non-hydrogen) atoms. The first kappa shape index (κ1) is 18.5. The van der Waals surface area contributed by atoms with Crippen molar-refractivity contribution in [3.8, 4) is 5.75 Å². The number of anilines is 2. The number of rotatable bonds is 6. The molecule has 1 aromatic heterocycles. The van der Waals surface area contributed by atoms with Gasteiger partial charge in [-0.3, -0.25) is 9.59 Å². The predicted molar refractivity (Wildman–Crippen MR) is 103 cm³/mol. The van der Waals surface area contributed by atoms with E-state index in [1.54, 1.807) is 54.6 Å². The predicted octanol–water partition coefficient (Wildman–Crippen LogP) is 4.51. The number of aryl methyl sites for hydroxylation is 1. The van der Waals surface area contributed by atoms with Gasteiger partial charge >= 0.3 is 0 Å². The van der Waals surface area contributed by atoms with Gasteiger partial charge in [-0.2, -0.15) is 0 Å². The van der Waals surface area contributed by atoms with E-state index in [-0.39, 0.29) is 24.2 Å². The smallest absolute Gasteiger partial charge is 0.291 e. The molecule has 0 bridgehead atoms. The van der Waals surface area contributed by atoms with E-state index in [2.05, 4.69) is 10.6 Å². The van der Waals surface area contributed by atoms with E-state index in [1.165, 1.54) is 6.26 Å². The maximum Gasteiger partial charge on any atom is 0.291 e. The largest absolute Gasteiger partial charge is 0.484 e. The van der Waals surface area contributed by atoms with Crippen LogP contribution in [0, 0.1) is 6.92 Å². The highest BCUT2D eigenvalue weighted by atomic mass is 35.5. The van der Waals surface area contributed by atoms with E-state index in [1.807, 2.05) is 6.92 Å². The lowest BCUT2D eigenvalue weighted by atomic mass is 10.2. The van der Waals surface area contributed by atoms with Crippen molar-refractivity contribution < 1.29 is 18.7 Å². The van der Waals surface area contributed by atoms with Gasteiger partial charge in [0.1, 0.15) is 5.75 Å². The SMILES string of the molecule is Cc1cc(OCC(=O)Nc2cccc(NC(=O)c3ccco3)c2)ccc1Cl. The summed E-state index contributed by atoms with van der Waals surface area (Å²) < 4.78 is 10.5. The Bertz CT molecular complexity index is 954. The van der Waals surface area contributed by atoms with Crippen LogP contribution in [0.4, 0.5) is 11.4 Å². The van der Waals surface area contributed by atoms with Crippen LogP contribution in [0.15, 0.2) is 65.3 Å². The number of hydrogen-bond acceptors (Lipinski definition) is 4. The summed E-state index contributed by atoms with van der Waals surface area (Å²) in [6, 6.07) is 15.2. The van der Waals surface area contributed by atoms with Gasteiger partial charge in [0.25, 0.3) is 11.8 Å². The van der Waals surface area contributed by atoms with Gasteiger partial charge in [0, 0.05) is 16.4 Å². The second kappa shape index (κ2) is 8.42. The third-order valence-electron chi connectivity index (χ3n) is 3.65. The molecule has 0 aliphatic carbocycles. The second-order valence-electron chi connectivity index (χ2n) is 5.76. The highest BCUT2D eigenvalue weighted by Gasteiger charge is 2.10. The molecule has 2 amide bonds. The highest BCUT2D eigenvalue weighted by Crippen LogP contribution is 2.21. The number of carbonyl (C=O) groups is 2. The molecule has 6 nitrogen and oxygen atoms in total. The molecule has 0 atom stereocenters. The Kier molecular flexibility index (Phi) is 5.78. The Hall–Kier alpha value is -3.25. The second-order valence-corrected chi connectivity index (χ2v) is 6.17. The van der Waals surface area contributed by atoms with E-state index in [0.717, 1.165) is 5.56 Å². The molecular formula is C20H17ClN2O4. The monoisotopic (exact) mass is 384 g/mol. The van der Waals surface area contributed by atoms with Crippen molar-refractivity contribution in [3.05, 3.63) is 77.2 Å². The summed E-state index contributed by atoms with van der Waals surface area (Å²) in [7, 11) is 0. The molecule has 7 heteroatoms. The average Bonchev–Trinajstić information content (AvgIpc) is 3.18. The van der Waals surface area contributed by atoms with Crippen LogP contribution in [0.5, 0.6) is 5.75 Å². The fourth-order valence-corrected chi connectivity index (χ4v) is 2.45. The number of halogens is 1. The fraction of sp³-hybridized carbons (Fsp3) is 0.100. The number of furan rings is 1. The summed E-state index contributed by atoms with van der Waals surface area (Å²) in [5.41, 5.74) is 1.94. The van der Waals surface area contributed by atoms with E-state index in [0.29, 0.717) is 22.1 Å². The molecule has 138 valence electrons. The molecule has 2 aromatic carbocycles. The maximum absolute atomic E-state index is 12.1. The van der Waals surface area contributed by atoms with Gasteiger partial charge in [-0.15, -0.1) is 0 Å². The number of hydrogen-bond donors (Lipinski definition) is 2. The Morgan fingerprint density at radius 2 is 1.81 bits per heavy atom. The molecular weight excluding hydrogens is 368 g/mol. The summed E-state index contributed by atoms with van der Waals surface area (Å²) in [4.78, 5) is 24.1. The van der Waals surface area contributed by atoms with Gasteiger partial charge in [-0.25, -0.2) is 0 Å². The third-order valence-corrected chi connectivity index (χ3v) is 4.07. The molecule has 0 unspecified atom stereocenters. The van der Waals surface area contributed by atoms with Crippen LogP contribution in [-0.2, 0) is 4.79 Å². The molecule has 0 radical (unpaired) electrons. The van der Waals surface area contributed by atoms with Crippen LogP contribution in [-0.4, -0.2) is 18.4 Å². The lowest BCUT2D eigenvalue weighted by molar-refractivity contribution is -0.118. The lowest BCUT2D eigenvalue weighted by Gasteiger charge is -2.10. The molecule has 1 heterocycles. The molecule has 0 spiro atoms. The number of carbonyl (C=O) groups excluding carboxylic acids is 2. The van der Waals surface area contributed by atoms with Crippen LogP contribution < -0.4 is 15.4 Å². The molecule has 3 aromatic rings. The molecule has 0 fully saturated rings. The van der Waals surface area contributed by atoms with Crippen molar-refractivity contribution in [1.29, 1.82) is 0 Å². The molecule has 0 aliphatic rings. The Labute approximate surface area is 161 Å². The summed E-state index contributed by atoms with van der Waals surface area (Å²) in [5.74, 6) is 0.0737. The van der Waals surface area contributed by atoms with Crippen LogP contribution >= 0.6 is 11.6 Å². The van der Waals surface area contributed by atoms with Crippen LogP contribution in [0.25, 0.3) is 0 Å². The molecule has 0 saturated carbocycles. The van der Waals surface area contributed by atoms with Crippen molar-refractivity contribution in [2.75, 3.05) is 17.2 Å². The van der Waals surface area contributed by atoms with Crippen LogP contribution in [0.2, 0.25) is 5.02 Å². The van der Waals surface area contributed by atoms with E-state index < -0.39 is 0 Å². The van der Waals surface area contributed by atoms with Gasteiger partial charge in [-0.05, 0) is 61.0 Å². The molecule has 0 saturated heterocycles. The minimum absolute atomic E-state index is 0.149. The third kappa shape index (κ3) is 5.12. The summed E-state index contributed by atoms with van der Waals surface area (Å²) in [5, 5.41) is 6.06. The Morgan fingerprint density at radius 1 is 1.04 bits per heavy atom. The summed E-state index contributed by atoms with van der Waals surface area (Å²) >= 11 is 5.96. The van der Waals surface area contributed by atoms with Crippen molar-refractivity contribution in [1.82, 2.24) is 0 Å². The van der Waals surface area contributed by atoms with Crippen LogP contribution in [0.1, 0.15) is 16.1 Å². The molecule has 3 rings (SSSR count). The summed E-state index contributed by atoms with van der Waals surface area (Å²) in [6.45, 7) is 1.71. The maximum atomic E-state index is 12.1. The van der Waals surface area contributed by atoms with E-state index in [9.17, 15) is 9.59 Å². The highest BCUT2D eigenvalue weighted by molar-refractivity contribution is 6.31. The topological polar surface area (TPSA) is 80.6 Å². The molecule has 2 N–H and O–H groups in total. The summed E-state index contributed by atoms with van der Waals surface area (Å²) in [6.07, 6.45) is 1.42. The first-order valence-corrected chi connectivity index (χ1v) is 8.53. The zero-order chi connectivity index (χ0) is 19.2. The standard InChI is InChI=1S/C20H17ClN2O4/c1-13-10-16(7-8-17(13)21)27-12-19(24)22-14-4-2-5-15(11-14)23-20(25)18-6-3-9-26-18/h2-11H,12H2,1H3,(H,22,24)(H,23,25). The van der Waals surface area contributed by atoms with E-state index >= 15 is 0 Å². The van der Waals surface area contributed by atoms with Gasteiger partial charge in [0.15, 0.2) is 12.4 Å². The fourth-order valence-electron chi connectivity index (χ4n) is 2.33. The van der Waals surface area contributed by atoms with Crippen molar-refractivity contribution in [2.45, 2.75) is 6.92 Å². The number of nitrogens with one attached hydrogen (secondary N) is 2. The van der Waals surface area contributed by atoms with Gasteiger partial charge < -0.3 is 19.8 Å². The Morgan fingerprint density at radius 3 is 2.52 bits per heavy atom. The minimum Gasteiger partial charge on any atom is -0.484 e. The van der Waals surface area contributed by atoms with E-state index in [4.69, 9.17) is 20.8 Å². The van der Waals surface area contributed by atoms with Gasteiger partial charge in [-0.1, -0.05) is 17.7 Å². The number of ether oxygens (including phenoxy) is 1. The zero-order valence-corrected chi connectivity index (χ0v) is 15.2. The number of benzene rings is 2. The van der Waals surface area contributed by atoms with Crippen molar-refractivity contribution >= 4 is 34.8 Å². The van der Waals surface area contributed by atoms with Crippen LogP contribution in [0.3, 0.4) is 0 Å². The molecule has 0 aliphatic heterocycles. The quantitative estimate of drug-likeness (QED) is 0.655. The average molecular weight is 385 g/mol. The van der Waals surface area contributed by atoms with Gasteiger partial charge in [0.05, 0.1) is 6.26 Å². The van der Waals surface area contributed by atoms with Gasteiger partial charge in [0.2, 0.25) is 0 Å². The first-order valence-electron chi connectivity index (χ1n) is 8.15. The zero-order valence-electron chi connectivity index (χ0n) is 14.5. The minimum atomic E-state index is -0.370. The van der Waals surface area contributed by atoms with Crippen molar-refractivity contribution in [3.63, 3.8) is 0 Å². The Balaban J connectivity index is 1.56. The van der Waals surface area contributed by atoms with Crippen molar-refractivity contribution in [2.24, 2.45) is 0 Å².